The lowest BCUT2D eigenvalue weighted by Gasteiger charge is -2.51. The number of ether oxygens (including phenoxy) is 1. The highest BCUT2D eigenvalue weighted by molar-refractivity contribution is 8.00. The van der Waals surface area contributed by atoms with Crippen molar-refractivity contribution >= 4 is 46.1 Å². The smallest absolute Gasteiger partial charge is 0.313 e. The number of anilines is 1. The molecule has 2 fully saturated rings. The first-order valence-corrected chi connectivity index (χ1v) is 12.0. The lowest BCUT2D eigenvalue weighted by Crippen LogP contribution is -2.50. The maximum atomic E-state index is 12.2. The number of nitrogens with one attached hydrogen (secondary N) is 1. The van der Waals surface area contributed by atoms with Crippen LogP contribution in [-0.2, 0) is 25.5 Å². The Labute approximate surface area is 178 Å². The number of hydrogen-bond donors (Lipinski definition) is 2. The van der Waals surface area contributed by atoms with Crippen molar-refractivity contribution in [3.05, 3.63) is 10.6 Å². The van der Waals surface area contributed by atoms with E-state index in [2.05, 4.69) is 19.2 Å². The maximum Gasteiger partial charge on any atom is 0.313 e. The van der Waals surface area contributed by atoms with Crippen molar-refractivity contribution in [2.24, 2.45) is 23.2 Å². The van der Waals surface area contributed by atoms with Gasteiger partial charge in [-0.3, -0.25) is 14.4 Å². The average molecular weight is 439 g/mol. The quantitative estimate of drug-likeness (QED) is 0.680. The van der Waals surface area contributed by atoms with Gasteiger partial charge in [0.2, 0.25) is 5.91 Å². The molecule has 1 aliphatic heterocycles. The van der Waals surface area contributed by atoms with Gasteiger partial charge in [0, 0.05) is 22.6 Å². The molecule has 0 aromatic carbocycles. The molecular formula is C20H26N2O5S2. The molecule has 2 N–H and O–H groups in total. The number of carboxylic acid groups (broad SMARTS) is 1. The van der Waals surface area contributed by atoms with E-state index in [0.717, 1.165) is 36.7 Å². The number of carbonyl (C=O) groups excluding carboxylic acids is 2. The van der Waals surface area contributed by atoms with Gasteiger partial charge < -0.3 is 15.2 Å². The predicted octanol–water partition coefficient (Wildman–Crippen LogP) is 3.15. The number of carboxylic acids is 1. The number of rotatable bonds is 5. The highest BCUT2D eigenvalue weighted by Crippen LogP contribution is 2.59. The molecular weight excluding hydrogens is 412 g/mol. The Morgan fingerprint density at radius 3 is 2.83 bits per heavy atom. The van der Waals surface area contributed by atoms with E-state index in [-0.39, 0.29) is 58.6 Å². The second-order valence-electron chi connectivity index (χ2n) is 8.80. The summed E-state index contributed by atoms with van der Waals surface area (Å²) in [6.07, 6.45) is 2.91. The van der Waals surface area contributed by atoms with E-state index in [4.69, 9.17) is 14.8 Å². The van der Waals surface area contributed by atoms with E-state index in [1.165, 1.54) is 16.2 Å². The number of esters is 1. The molecule has 2 heterocycles. The summed E-state index contributed by atoms with van der Waals surface area (Å²) in [6, 6.07) is 0. The van der Waals surface area contributed by atoms with Crippen LogP contribution in [-0.4, -0.2) is 45.5 Å². The Morgan fingerprint density at radius 1 is 1.34 bits per heavy atom. The first kappa shape index (κ1) is 20.7. The Bertz CT molecular complexity index is 856. The molecule has 1 amide bonds. The molecule has 2 aliphatic carbocycles. The van der Waals surface area contributed by atoms with E-state index < -0.39 is 5.97 Å². The predicted molar refractivity (Wildman–Crippen MR) is 111 cm³/mol. The van der Waals surface area contributed by atoms with Crippen LogP contribution in [0.25, 0.3) is 0 Å². The fourth-order valence-electron chi connectivity index (χ4n) is 5.52. The molecule has 6 atom stereocenters. The SMILES string of the molecule is C[C@@H]1C(=O)O[C@H]2[C@H]1CC[C@@]1(C)Cc3sc(NC(=O)CSCC(=O)O)nc3[C@@H](C)[C@H]21. The molecule has 29 heavy (non-hydrogen) atoms. The number of thiazole rings is 1. The van der Waals surface area contributed by atoms with Crippen LogP contribution in [0.1, 0.15) is 50.1 Å². The number of fused-ring (bicyclic) bond motifs is 4. The number of hydrogen-bond acceptors (Lipinski definition) is 7. The van der Waals surface area contributed by atoms with Crippen LogP contribution < -0.4 is 5.32 Å². The highest BCUT2D eigenvalue weighted by atomic mass is 32.2. The zero-order valence-corrected chi connectivity index (χ0v) is 18.4. The molecule has 1 saturated heterocycles. The molecule has 0 bridgehead atoms. The van der Waals surface area contributed by atoms with Crippen molar-refractivity contribution in [1.29, 1.82) is 0 Å². The summed E-state index contributed by atoms with van der Waals surface area (Å²) >= 11 is 2.58. The minimum Gasteiger partial charge on any atom is -0.481 e. The maximum absolute atomic E-state index is 12.2. The number of carbonyl (C=O) groups is 3. The number of nitrogens with zero attached hydrogens (tertiary/aromatic N) is 1. The van der Waals surface area contributed by atoms with E-state index in [0.29, 0.717) is 5.13 Å². The van der Waals surface area contributed by atoms with Crippen molar-refractivity contribution in [3.63, 3.8) is 0 Å². The standard InChI is InChI=1S/C20H26N2O5S2/c1-9-11-4-5-20(3)6-12-16(10(2)15(20)17(11)27-18(9)26)22-19(29-12)21-13(23)7-28-8-14(24)25/h9-11,15,17H,4-8H2,1-3H3,(H,24,25)(H,21,22,23)/t9-,10-,11-,15+,17-,20-/m0/s1. The van der Waals surface area contributed by atoms with Gasteiger partial charge in [0.1, 0.15) is 6.10 Å². The van der Waals surface area contributed by atoms with Crippen LogP contribution in [0.2, 0.25) is 0 Å². The molecule has 0 unspecified atom stereocenters. The fraction of sp³-hybridized carbons (Fsp3) is 0.700. The third-order valence-electron chi connectivity index (χ3n) is 6.86. The van der Waals surface area contributed by atoms with Crippen LogP contribution in [0.4, 0.5) is 5.13 Å². The van der Waals surface area contributed by atoms with Gasteiger partial charge in [0.05, 0.1) is 23.1 Å². The Hall–Kier alpha value is -1.61. The van der Waals surface area contributed by atoms with Crippen LogP contribution >= 0.6 is 23.1 Å². The summed E-state index contributed by atoms with van der Waals surface area (Å²) in [6.45, 7) is 6.44. The average Bonchev–Trinajstić information content (AvgIpc) is 3.14. The molecule has 9 heteroatoms. The molecule has 1 saturated carbocycles. The van der Waals surface area contributed by atoms with Gasteiger partial charge in [0.15, 0.2) is 5.13 Å². The molecule has 0 radical (unpaired) electrons. The molecule has 1 aromatic heterocycles. The van der Waals surface area contributed by atoms with Crippen LogP contribution in [0, 0.1) is 23.2 Å². The van der Waals surface area contributed by atoms with E-state index in [9.17, 15) is 14.4 Å². The van der Waals surface area contributed by atoms with Gasteiger partial charge in [0.25, 0.3) is 0 Å². The zero-order valence-electron chi connectivity index (χ0n) is 16.8. The van der Waals surface area contributed by atoms with E-state index in [1.54, 1.807) is 0 Å². The third-order valence-corrected chi connectivity index (χ3v) is 8.77. The van der Waals surface area contributed by atoms with Gasteiger partial charge in [-0.1, -0.05) is 20.8 Å². The van der Waals surface area contributed by atoms with Crippen molar-refractivity contribution < 1.29 is 24.2 Å². The van der Waals surface area contributed by atoms with Gasteiger partial charge >= 0.3 is 11.9 Å². The monoisotopic (exact) mass is 438 g/mol. The number of aliphatic carboxylic acids is 1. The van der Waals surface area contributed by atoms with Crippen LogP contribution in [0.5, 0.6) is 0 Å². The molecule has 0 spiro atoms. The minimum absolute atomic E-state index is 0.0354. The number of aromatic nitrogens is 1. The highest BCUT2D eigenvalue weighted by Gasteiger charge is 2.58. The largest absolute Gasteiger partial charge is 0.481 e. The summed E-state index contributed by atoms with van der Waals surface area (Å²) < 4.78 is 5.85. The summed E-state index contributed by atoms with van der Waals surface area (Å²) in [4.78, 5) is 40.8. The molecule has 3 aliphatic rings. The van der Waals surface area contributed by atoms with Gasteiger partial charge in [-0.25, -0.2) is 4.98 Å². The zero-order chi connectivity index (χ0) is 20.9. The van der Waals surface area contributed by atoms with Crippen molar-refractivity contribution in [1.82, 2.24) is 4.98 Å². The lowest BCUT2D eigenvalue weighted by molar-refractivity contribution is -0.149. The summed E-state index contributed by atoms with van der Waals surface area (Å²) in [5.74, 6) is -0.623. The molecule has 158 valence electrons. The van der Waals surface area contributed by atoms with Crippen LogP contribution in [0.15, 0.2) is 0 Å². The van der Waals surface area contributed by atoms with Gasteiger partial charge in [-0.05, 0) is 24.7 Å². The topological polar surface area (TPSA) is 106 Å². The van der Waals surface area contributed by atoms with Crippen LogP contribution in [0.3, 0.4) is 0 Å². The Balaban J connectivity index is 1.52. The fourth-order valence-corrected chi connectivity index (χ4v) is 7.33. The minimum atomic E-state index is -0.933. The second-order valence-corrected chi connectivity index (χ2v) is 10.9. The molecule has 7 nitrogen and oxygen atoms in total. The van der Waals surface area contributed by atoms with Crippen molar-refractivity contribution in [2.45, 2.75) is 52.1 Å². The third kappa shape index (κ3) is 3.67. The Kier molecular flexibility index (Phi) is 5.40. The van der Waals surface area contributed by atoms with E-state index in [1.807, 2.05) is 6.92 Å². The summed E-state index contributed by atoms with van der Waals surface area (Å²) in [5, 5.41) is 12.1. The summed E-state index contributed by atoms with van der Waals surface area (Å²) in [7, 11) is 0. The second kappa shape index (κ2) is 7.58. The normalized spacial score (nSPS) is 35.3. The first-order valence-electron chi connectivity index (χ1n) is 9.99. The van der Waals surface area contributed by atoms with Crippen molar-refractivity contribution in [3.8, 4) is 0 Å². The van der Waals surface area contributed by atoms with Crippen molar-refractivity contribution in [2.75, 3.05) is 16.8 Å². The molecule has 4 rings (SSSR count). The van der Waals surface area contributed by atoms with E-state index >= 15 is 0 Å². The number of thioether (sulfide) groups is 1. The van der Waals surface area contributed by atoms with Gasteiger partial charge in [-0.2, -0.15) is 0 Å². The Morgan fingerprint density at radius 2 is 2.10 bits per heavy atom. The number of amides is 1. The summed E-state index contributed by atoms with van der Waals surface area (Å²) in [5.41, 5.74) is 1.06. The molecule has 1 aromatic rings. The lowest BCUT2D eigenvalue weighted by atomic mass is 9.54. The first-order chi connectivity index (χ1) is 13.7. The van der Waals surface area contributed by atoms with Gasteiger partial charge in [-0.15, -0.1) is 23.1 Å².